The first-order chi connectivity index (χ1) is 8.66. The van der Waals surface area contributed by atoms with Crippen LogP contribution in [0.2, 0.25) is 0 Å². The predicted octanol–water partition coefficient (Wildman–Crippen LogP) is 0.706. The van der Waals surface area contributed by atoms with Gasteiger partial charge in [-0.05, 0) is 32.9 Å². The Balaban J connectivity index is 1.78. The molecule has 0 spiro atoms. The second-order valence-corrected chi connectivity index (χ2v) is 5.58. The number of hydrogen-bond acceptors (Lipinski definition) is 3. The van der Waals surface area contributed by atoms with Gasteiger partial charge in [-0.15, -0.1) is 0 Å². The van der Waals surface area contributed by atoms with Gasteiger partial charge in [0.25, 0.3) is 0 Å². The Labute approximate surface area is 110 Å². The van der Waals surface area contributed by atoms with Crippen molar-refractivity contribution in [2.24, 2.45) is 5.92 Å². The number of carbonyl (C=O) groups excluding carboxylic acids is 1. The van der Waals surface area contributed by atoms with Gasteiger partial charge in [0.15, 0.2) is 0 Å². The van der Waals surface area contributed by atoms with Crippen molar-refractivity contribution < 1.29 is 4.79 Å². The summed E-state index contributed by atoms with van der Waals surface area (Å²) in [5, 5.41) is 3.31. The van der Waals surface area contributed by atoms with Gasteiger partial charge in [-0.25, -0.2) is 0 Å². The summed E-state index contributed by atoms with van der Waals surface area (Å²) >= 11 is 0. The predicted molar refractivity (Wildman–Crippen MR) is 73.4 cm³/mol. The van der Waals surface area contributed by atoms with Gasteiger partial charge in [0, 0.05) is 38.6 Å². The minimum atomic E-state index is 0.263. The molecular weight excluding hydrogens is 226 g/mol. The molecule has 2 saturated heterocycles. The number of rotatable bonds is 3. The fourth-order valence-electron chi connectivity index (χ4n) is 2.84. The standard InChI is InChI=1S/C14H25N3O/c1-12(2)11-16-7-9-17(10-8-16)14(18)13-3-5-15-6-4-13/h13,15H,1,3-11H2,2H3. The fraction of sp³-hybridized carbons (Fsp3) is 0.786. The van der Waals surface area contributed by atoms with E-state index >= 15 is 0 Å². The number of amides is 1. The number of nitrogens with zero attached hydrogens (tertiary/aromatic N) is 2. The van der Waals surface area contributed by atoms with Gasteiger partial charge in [0.1, 0.15) is 0 Å². The fourth-order valence-corrected chi connectivity index (χ4v) is 2.84. The number of piperidine rings is 1. The second kappa shape index (κ2) is 6.34. The molecule has 2 aliphatic rings. The van der Waals surface area contributed by atoms with Crippen LogP contribution in [0, 0.1) is 5.92 Å². The summed E-state index contributed by atoms with van der Waals surface area (Å²) < 4.78 is 0. The van der Waals surface area contributed by atoms with Crippen LogP contribution in [0.4, 0.5) is 0 Å². The van der Waals surface area contributed by atoms with Crippen LogP contribution in [0.3, 0.4) is 0 Å². The number of carbonyl (C=O) groups is 1. The summed E-state index contributed by atoms with van der Waals surface area (Å²) in [6, 6.07) is 0. The molecule has 1 N–H and O–H groups in total. The Hall–Kier alpha value is -0.870. The first kappa shape index (κ1) is 13.6. The lowest BCUT2D eigenvalue weighted by Crippen LogP contribution is -2.51. The van der Waals surface area contributed by atoms with Crippen LogP contribution in [0.1, 0.15) is 19.8 Å². The minimum Gasteiger partial charge on any atom is -0.340 e. The number of piperazine rings is 1. The van der Waals surface area contributed by atoms with Gasteiger partial charge in [-0.2, -0.15) is 0 Å². The Kier molecular flexibility index (Phi) is 4.78. The third-order valence-electron chi connectivity index (χ3n) is 3.87. The molecule has 0 aromatic heterocycles. The summed E-state index contributed by atoms with van der Waals surface area (Å²) in [5.74, 6) is 0.644. The first-order valence-corrected chi connectivity index (χ1v) is 7.03. The lowest BCUT2D eigenvalue weighted by Gasteiger charge is -2.37. The van der Waals surface area contributed by atoms with E-state index in [-0.39, 0.29) is 5.92 Å². The van der Waals surface area contributed by atoms with Crippen molar-refractivity contribution in [1.82, 2.24) is 15.1 Å². The van der Waals surface area contributed by atoms with Crippen LogP contribution in [0.15, 0.2) is 12.2 Å². The van der Waals surface area contributed by atoms with Crippen molar-refractivity contribution in [2.75, 3.05) is 45.8 Å². The molecule has 0 unspecified atom stereocenters. The van der Waals surface area contributed by atoms with Crippen LogP contribution >= 0.6 is 0 Å². The zero-order chi connectivity index (χ0) is 13.0. The summed E-state index contributed by atoms with van der Waals surface area (Å²) in [4.78, 5) is 16.8. The average molecular weight is 251 g/mol. The third kappa shape index (κ3) is 3.56. The molecule has 0 aromatic carbocycles. The van der Waals surface area contributed by atoms with E-state index in [4.69, 9.17) is 0 Å². The van der Waals surface area contributed by atoms with E-state index < -0.39 is 0 Å². The molecule has 4 nitrogen and oxygen atoms in total. The van der Waals surface area contributed by atoms with Gasteiger partial charge >= 0.3 is 0 Å². The van der Waals surface area contributed by atoms with E-state index in [0.29, 0.717) is 5.91 Å². The van der Waals surface area contributed by atoms with Gasteiger partial charge in [0.2, 0.25) is 5.91 Å². The smallest absolute Gasteiger partial charge is 0.225 e. The first-order valence-electron chi connectivity index (χ1n) is 7.03. The molecule has 1 amide bonds. The molecule has 0 aliphatic carbocycles. The summed E-state index contributed by atoms with van der Waals surface area (Å²) in [6.45, 7) is 12.7. The summed E-state index contributed by atoms with van der Waals surface area (Å²) in [5.41, 5.74) is 1.20. The maximum Gasteiger partial charge on any atom is 0.225 e. The van der Waals surface area contributed by atoms with Gasteiger partial charge < -0.3 is 10.2 Å². The average Bonchev–Trinajstić information content (AvgIpc) is 2.39. The Morgan fingerprint density at radius 2 is 1.83 bits per heavy atom. The molecule has 2 heterocycles. The lowest BCUT2D eigenvalue weighted by atomic mass is 9.96. The number of hydrogen-bond donors (Lipinski definition) is 1. The Bertz CT molecular complexity index is 302. The van der Waals surface area contributed by atoms with E-state index in [0.717, 1.165) is 58.7 Å². The van der Waals surface area contributed by atoms with Gasteiger partial charge in [-0.1, -0.05) is 12.2 Å². The monoisotopic (exact) mass is 251 g/mol. The highest BCUT2D eigenvalue weighted by Gasteiger charge is 2.28. The zero-order valence-corrected chi connectivity index (χ0v) is 11.5. The van der Waals surface area contributed by atoms with E-state index in [1.54, 1.807) is 0 Å². The quantitative estimate of drug-likeness (QED) is 0.750. The summed E-state index contributed by atoms with van der Waals surface area (Å²) in [6.07, 6.45) is 2.01. The largest absolute Gasteiger partial charge is 0.340 e. The molecule has 0 saturated carbocycles. The maximum absolute atomic E-state index is 12.3. The highest BCUT2D eigenvalue weighted by molar-refractivity contribution is 5.79. The molecule has 0 atom stereocenters. The zero-order valence-electron chi connectivity index (χ0n) is 11.5. The van der Waals surface area contributed by atoms with Crippen molar-refractivity contribution in [3.63, 3.8) is 0 Å². The van der Waals surface area contributed by atoms with Crippen molar-refractivity contribution in [3.8, 4) is 0 Å². The van der Waals surface area contributed by atoms with Crippen molar-refractivity contribution in [2.45, 2.75) is 19.8 Å². The maximum atomic E-state index is 12.3. The molecule has 4 heteroatoms. The minimum absolute atomic E-state index is 0.263. The van der Waals surface area contributed by atoms with Crippen LogP contribution in [0.5, 0.6) is 0 Å². The van der Waals surface area contributed by atoms with Crippen LogP contribution < -0.4 is 5.32 Å². The Morgan fingerprint density at radius 3 is 2.39 bits per heavy atom. The highest BCUT2D eigenvalue weighted by Crippen LogP contribution is 2.16. The SMILES string of the molecule is C=C(C)CN1CCN(C(=O)C2CCNCC2)CC1. The Morgan fingerprint density at radius 1 is 1.22 bits per heavy atom. The van der Waals surface area contributed by atoms with Crippen LogP contribution in [-0.2, 0) is 4.79 Å². The van der Waals surface area contributed by atoms with E-state index in [1.165, 1.54) is 5.57 Å². The number of nitrogens with one attached hydrogen (secondary N) is 1. The van der Waals surface area contributed by atoms with Gasteiger partial charge in [0.05, 0.1) is 0 Å². The molecular formula is C14H25N3O. The molecule has 0 aromatic rings. The third-order valence-corrected chi connectivity index (χ3v) is 3.87. The molecule has 0 radical (unpaired) electrons. The molecule has 2 fully saturated rings. The molecule has 102 valence electrons. The lowest BCUT2D eigenvalue weighted by molar-refractivity contribution is -0.138. The normalized spacial score (nSPS) is 23.1. The van der Waals surface area contributed by atoms with E-state index in [1.807, 2.05) is 0 Å². The van der Waals surface area contributed by atoms with Crippen molar-refractivity contribution in [3.05, 3.63) is 12.2 Å². The molecule has 2 aliphatic heterocycles. The summed E-state index contributed by atoms with van der Waals surface area (Å²) in [7, 11) is 0. The second-order valence-electron chi connectivity index (χ2n) is 5.58. The van der Waals surface area contributed by atoms with Crippen molar-refractivity contribution >= 4 is 5.91 Å². The van der Waals surface area contributed by atoms with E-state index in [2.05, 4.69) is 28.6 Å². The van der Waals surface area contributed by atoms with Crippen molar-refractivity contribution in [1.29, 1.82) is 0 Å². The highest BCUT2D eigenvalue weighted by atomic mass is 16.2. The van der Waals surface area contributed by atoms with Crippen LogP contribution in [-0.4, -0.2) is 61.5 Å². The van der Waals surface area contributed by atoms with Crippen LogP contribution in [0.25, 0.3) is 0 Å². The van der Waals surface area contributed by atoms with Gasteiger partial charge in [-0.3, -0.25) is 9.69 Å². The topological polar surface area (TPSA) is 35.6 Å². The van der Waals surface area contributed by atoms with E-state index in [9.17, 15) is 4.79 Å². The molecule has 2 rings (SSSR count). The molecule has 18 heavy (non-hydrogen) atoms. The molecule has 0 bridgehead atoms.